The third kappa shape index (κ3) is 3.30. The topological polar surface area (TPSA) is 50.4 Å². The molecule has 2 aromatic rings. The van der Waals surface area contributed by atoms with Crippen LogP contribution >= 0.6 is 24.0 Å². The first-order chi connectivity index (χ1) is 13.1. The molecule has 0 saturated carbocycles. The maximum atomic E-state index is 14.2. The van der Waals surface area contributed by atoms with Crippen molar-refractivity contribution in [3.8, 4) is 0 Å². The standard InChI is InChI=1S/C21H22ClFN2O2.ClH/c1-27-19-18(25-20(26)17-15(22)7-4-8-16(17)23)13-5-2-3-6-14(13)21(19)9-11-24-12-10-21;/h2-8,18-19,24H,9-12H2,1H3,(H,25,26);1H/t18-,19+;/m1./s1. The molecular formula is C21H23Cl2FN2O2. The number of rotatable bonds is 3. The summed E-state index contributed by atoms with van der Waals surface area (Å²) in [6, 6.07) is 12.0. The molecule has 150 valence electrons. The molecule has 1 fully saturated rings. The molecule has 1 saturated heterocycles. The third-order valence-corrected chi connectivity index (χ3v) is 6.22. The summed E-state index contributed by atoms with van der Waals surface area (Å²) in [5.74, 6) is -1.15. The summed E-state index contributed by atoms with van der Waals surface area (Å²) in [6.07, 6.45) is 1.64. The Labute approximate surface area is 175 Å². The highest BCUT2D eigenvalue weighted by atomic mass is 35.5. The van der Waals surface area contributed by atoms with Gasteiger partial charge in [0.05, 0.1) is 22.7 Å². The maximum absolute atomic E-state index is 14.2. The van der Waals surface area contributed by atoms with Crippen LogP contribution < -0.4 is 10.6 Å². The first-order valence-corrected chi connectivity index (χ1v) is 9.54. The van der Waals surface area contributed by atoms with Crippen LogP contribution in [0.2, 0.25) is 5.02 Å². The lowest BCUT2D eigenvalue weighted by atomic mass is 9.72. The number of piperidine rings is 1. The SMILES string of the molecule is CO[C@H]1[C@H](NC(=O)c2c(F)cccc2Cl)c2ccccc2C12CCNCC2.Cl. The van der Waals surface area contributed by atoms with Gasteiger partial charge in [-0.1, -0.05) is 41.9 Å². The summed E-state index contributed by atoms with van der Waals surface area (Å²) < 4.78 is 20.1. The fraction of sp³-hybridized carbons (Fsp3) is 0.381. The largest absolute Gasteiger partial charge is 0.378 e. The van der Waals surface area contributed by atoms with E-state index in [2.05, 4.69) is 16.7 Å². The fourth-order valence-corrected chi connectivity index (χ4v) is 4.98. The number of fused-ring (bicyclic) bond motifs is 2. The summed E-state index contributed by atoms with van der Waals surface area (Å²) >= 11 is 6.08. The lowest BCUT2D eigenvalue weighted by Crippen LogP contribution is -2.49. The molecule has 0 aromatic heterocycles. The molecule has 4 nitrogen and oxygen atoms in total. The van der Waals surface area contributed by atoms with Gasteiger partial charge in [-0.15, -0.1) is 12.4 Å². The molecule has 0 unspecified atom stereocenters. The minimum absolute atomic E-state index is 0. The van der Waals surface area contributed by atoms with E-state index in [1.54, 1.807) is 7.11 Å². The van der Waals surface area contributed by atoms with E-state index in [4.69, 9.17) is 16.3 Å². The van der Waals surface area contributed by atoms with Crippen LogP contribution in [0.25, 0.3) is 0 Å². The second-order valence-electron chi connectivity index (χ2n) is 7.20. The van der Waals surface area contributed by atoms with Crippen molar-refractivity contribution in [3.63, 3.8) is 0 Å². The highest BCUT2D eigenvalue weighted by Gasteiger charge is 2.53. The van der Waals surface area contributed by atoms with Crippen LogP contribution in [0, 0.1) is 5.82 Å². The van der Waals surface area contributed by atoms with E-state index in [9.17, 15) is 9.18 Å². The molecule has 7 heteroatoms. The van der Waals surface area contributed by atoms with Crippen molar-refractivity contribution in [1.82, 2.24) is 10.6 Å². The summed E-state index contributed by atoms with van der Waals surface area (Å²) in [5, 5.41) is 6.50. The lowest BCUT2D eigenvalue weighted by Gasteiger charge is -2.40. The first-order valence-electron chi connectivity index (χ1n) is 9.16. The van der Waals surface area contributed by atoms with E-state index in [1.807, 2.05) is 18.2 Å². The Bertz CT molecular complexity index is 851. The Kier molecular flexibility index (Phi) is 6.30. The van der Waals surface area contributed by atoms with Crippen molar-refractivity contribution in [2.24, 2.45) is 0 Å². The van der Waals surface area contributed by atoms with Gasteiger partial charge in [0, 0.05) is 12.5 Å². The Morgan fingerprint density at radius 1 is 1.21 bits per heavy atom. The van der Waals surface area contributed by atoms with Gasteiger partial charge in [0.2, 0.25) is 0 Å². The van der Waals surface area contributed by atoms with Crippen molar-refractivity contribution >= 4 is 29.9 Å². The molecule has 1 amide bonds. The van der Waals surface area contributed by atoms with Crippen molar-refractivity contribution in [2.75, 3.05) is 20.2 Å². The van der Waals surface area contributed by atoms with Gasteiger partial charge in [-0.25, -0.2) is 4.39 Å². The molecule has 2 aromatic carbocycles. The molecule has 2 atom stereocenters. The van der Waals surface area contributed by atoms with Crippen LogP contribution in [-0.4, -0.2) is 32.2 Å². The number of benzene rings is 2. The van der Waals surface area contributed by atoms with Crippen molar-refractivity contribution in [2.45, 2.75) is 30.4 Å². The van der Waals surface area contributed by atoms with Gasteiger partial charge >= 0.3 is 0 Å². The molecule has 2 aliphatic rings. The van der Waals surface area contributed by atoms with Gasteiger partial charge < -0.3 is 15.4 Å². The molecule has 0 bridgehead atoms. The van der Waals surface area contributed by atoms with Crippen LogP contribution in [-0.2, 0) is 10.2 Å². The molecule has 28 heavy (non-hydrogen) atoms. The number of carbonyl (C=O) groups is 1. The van der Waals surface area contributed by atoms with Crippen molar-refractivity contribution < 1.29 is 13.9 Å². The van der Waals surface area contributed by atoms with Gasteiger partial charge in [0.1, 0.15) is 5.82 Å². The normalized spacial score (nSPS) is 22.4. The monoisotopic (exact) mass is 424 g/mol. The van der Waals surface area contributed by atoms with E-state index >= 15 is 0 Å². The van der Waals surface area contributed by atoms with Gasteiger partial charge in [-0.2, -0.15) is 0 Å². The number of methoxy groups -OCH3 is 1. The van der Waals surface area contributed by atoms with Gasteiger partial charge in [-0.3, -0.25) is 4.79 Å². The Morgan fingerprint density at radius 2 is 1.93 bits per heavy atom. The summed E-state index contributed by atoms with van der Waals surface area (Å²) in [4.78, 5) is 12.9. The zero-order valence-corrected chi connectivity index (χ0v) is 17.1. The summed E-state index contributed by atoms with van der Waals surface area (Å²) in [7, 11) is 1.68. The number of nitrogens with one attached hydrogen (secondary N) is 2. The summed E-state index contributed by atoms with van der Waals surface area (Å²) in [5.41, 5.74) is 1.96. The van der Waals surface area contributed by atoms with Gasteiger partial charge in [-0.05, 0) is 49.2 Å². The van der Waals surface area contributed by atoms with Gasteiger partial charge in [0.25, 0.3) is 5.91 Å². The first kappa shape index (κ1) is 21.1. The van der Waals surface area contributed by atoms with Crippen LogP contribution in [0.3, 0.4) is 0 Å². The number of amides is 1. The van der Waals surface area contributed by atoms with Crippen LogP contribution in [0.5, 0.6) is 0 Å². The average molecular weight is 425 g/mol. The Morgan fingerprint density at radius 3 is 2.61 bits per heavy atom. The highest BCUT2D eigenvalue weighted by Crippen LogP contribution is 2.51. The van der Waals surface area contributed by atoms with Crippen molar-refractivity contribution in [3.05, 3.63) is 70.0 Å². The van der Waals surface area contributed by atoms with E-state index in [1.165, 1.54) is 23.8 Å². The molecule has 1 aliphatic heterocycles. The third-order valence-electron chi connectivity index (χ3n) is 5.91. The Balaban J connectivity index is 0.00000225. The number of hydrogen-bond donors (Lipinski definition) is 2. The minimum atomic E-state index is -0.628. The predicted octanol–water partition coefficient (Wildman–Crippen LogP) is 4.02. The molecular weight excluding hydrogens is 402 g/mol. The molecule has 1 aliphatic carbocycles. The molecule has 0 radical (unpaired) electrons. The summed E-state index contributed by atoms with van der Waals surface area (Å²) in [6.45, 7) is 1.79. The molecule has 1 heterocycles. The zero-order valence-electron chi connectivity index (χ0n) is 15.5. The number of hydrogen-bond acceptors (Lipinski definition) is 3. The minimum Gasteiger partial charge on any atom is -0.378 e. The van der Waals surface area contributed by atoms with Crippen LogP contribution in [0.1, 0.15) is 40.4 Å². The van der Waals surface area contributed by atoms with Crippen molar-refractivity contribution in [1.29, 1.82) is 0 Å². The average Bonchev–Trinajstić information content (AvgIpc) is 2.91. The maximum Gasteiger partial charge on any atom is 0.256 e. The quantitative estimate of drug-likeness (QED) is 0.781. The number of ether oxygens (including phenoxy) is 1. The lowest BCUT2D eigenvalue weighted by molar-refractivity contribution is 0.00393. The molecule has 2 N–H and O–H groups in total. The Hall–Kier alpha value is -1.66. The van der Waals surface area contributed by atoms with E-state index in [0.29, 0.717) is 0 Å². The van der Waals surface area contributed by atoms with E-state index < -0.39 is 11.7 Å². The van der Waals surface area contributed by atoms with Crippen LogP contribution in [0.15, 0.2) is 42.5 Å². The van der Waals surface area contributed by atoms with E-state index in [0.717, 1.165) is 31.5 Å². The smallest absolute Gasteiger partial charge is 0.256 e. The zero-order chi connectivity index (χ0) is 19.0. The number of carbonyl (C=O) groups excluding carboxylic acids is 1. The molecule has 1 spiro atoms. The number of halogens is 3. The second kappa shape index (κ2) is 8.37. The predicted molar refractivity (Wildman–Crippen MR) is 110 cm³/mol. The fourth-order valence-electron chi connectivity index (χ4n) is 4.73. The highest BCUT2D eigenvalue weighted by molar-refractivity contribution is 6.33. The van der Waals surface area contributed by atoms with E-state index in [-0.39, 0.29) is 40.6 Å². The second-order valence-corrected chi connectivity index (χ2v) is 7.60. The molecule has 4 rings (SSSR count). The van der Waals surface area contributed by atoms with Gasteiger partial charge in [0.15, 0.2) is 0 Å². The van der Waals surface area contributed by atoms with Crippen LogP contribution in [0.4, 0.5) is 4.39 Å².